The Labute approximate surface area is 173 Å². The molecule has 1 amide bonds. The van der Waals surface area contributed by atoms with Gasteiger partial charge in [0.1, 0.15) is 11.9 Å². The molecule has 0 spiro atoms. The van der Waals surface area contributed by atoms with Gasteiger partial charge in [-0.3, -0.25) is 9.36 Å². The molecule has 29 heavy (non-hydrogen) atoms. The third kappa shape index (κ3) is 5.15. The van der Waals surface area contributed by atoms with Crippen molar-refractivity contribution in [2.75, 3.05) is 19.6 Å². The van der Waals surface area contributed by atoms with Crippen molar-refractivity contribution in [1.82, 2.24) is 24.6 Å². The van der Waals surface area contributed by atoms with Crippen LogP contribution in [0.5, 0.6) is 0 Å². The maximum absolute atomic E-state index is 12.9. The van der Waals surface area contributed by atoms with E-state index in [0.717, 1.165) is 31.5 Å². The molecule has 160 valence electrons. The average Bonchev–Trinajstić information content (AvgIpc) is 3.41. The Morgan fingerprint density at radius 3 is 2.34 bits per heavy atom. The monoisotopic (exact) mass is 401 g/mol. The molecule has 7 heteroatoms. The third-order valence-corrected chi connectivity index (χ3v) is 5.03. The van der Waals surface area contributed by atoms with E-state index in [1.807, 2.05) is 63.8 Å². The van der Waals surface area contributed by atoms with Crippen LogP contribution in [0.4, 0.5) is 0 Å². The first-order chi connectivity index (χ1) is 14.1. The molecule has 0 aliphatic carbocycles. The number of nitrogens with zero attached hydrogens (tertiary/aromatic N) is 4. The summed E-state index contributed by atoms with van der Waals surface area (Å²) >= 11 is 0. The number of aryl methyl sites for hydroxylation is 1. The number of nitrogens with one attached hydrogen (secondary N) is 1. The first-order valence-electron chi connectivity index (χ1n) is 10.9. The van der Waals surface area contributed by atoms with Crippen molar-refractivity contribution in [3.8, 4) is 0 Å². The van der Waals surface area contributed by atoms with Crippen molar-refractivity contribution in [2.45, 2.75) is 66.6 Å². The van der Waals surface area contributed by atoms with Crippen molar-refractivity contribution in [2.24, 2.45) is 0 Å². The number of carbonyl (C=O) groups is 1. The predicted molar refractivity (Wildman–Crippen MR) is 116 cm³/mol. The van der Waals surface area contributed by atoms with Gasteiger partial charge in [-0.2, -0.15) is 5.10 Å². The van der Waals surface area contributed by atoms with Gasteiger partial charge in [0.2, 0.25) is 5.91 Å². The second-order valence-electron chi connectivity index (χ2n) is 6.89. The predicted octanol–water partition coefficient (Wildman–Crippen LogP) is 2.72. The van der Waals surface area contributed by atoms with E-state index in [1.54, 1.807) is 4.57 Å². The molecule has 1 saturated heterocycles. The zero-order valence-corrected chi connectivity index (χ0v) is 18.4. The standard InChI is InChI=1S/C18H23N5O2.2C2H6/c1-13-4-6-14(7-5-13)12-22-18(25)23-15(10-19-11-16(23)20-22)17(24)21-8-2-3-9-21;2*1-2/h4-7,15,19H,2-3,8-12H2,1H3;2*1-2H3. The lowest BCUT2D eigenvalue weighted by Crippen LogP contribution is -2.47. The number of likely N-dealkylation sites (tertiary alicyclic amines) is 1. The summed E-state index contributed by atoms with van der Waals surface area (Å²) in [5, 5.41) is 7.69. The van der Waals surface area contributed by atoms with Gasteiger partial charge in [0, 0.05) is 19.6 Å². The van der Waals surface area contributed by atoms with Crippen molar-refractivity contribution in [3.05, 3.63) is 51.7 Å². The van der Waals surface area contributed by atoms with E-state index in [-0.39, 0.29) is 11.6 Å². The molecule has 0 radical (unpaired) electrons. The molecule has 3 heterocycles. The van der Waals surface area contributed by atoms with Gasteiger partial charge in [-0.25, -0.2) is 9.48 Å². The van der Waals surface area contributed by atoms with Gasteiger partial charge in [-0.15, -0.1) is 0 Å². The van der Waals surface area contributed by atoms with Gasteiger partial charge in [0.15, 0.2) is 0 Å². The molecule has 1 aromatic carbocycles. The zero-order valence-electron chi connectivity index (χ0n) is 18.4. The van der Waals surface area contributed by atoms with E-state index < -0.39 is 6.04 Å². The lowest BCUT2D eigenvalue weighted by Gasteiger charge is -2.27. The summed E-state index contributed by atoms with van der Waals surface area (Å²) in [6.07, 6.45) is 2.08. The minimum absolute atomic E-state index is 0.0305. The molecule has 0 bridgehead atoms. The molecule has 1 unspecified atom stereocenters. The number of amides is 1. The minimum atomic E-state index is -0.485. The molecule has 2 aliphatic rings. The van der Waals surface area contributed by atoms with Crippen LogP contribution in [0.1, 0.15) is 63.5 Å². The summed E-state index contributed by atoms with van der Waals surface area (Å²) in [6.45, 7) is 13.0. The Balaban J connectivity index is 0.000000707. The Hall–Kier alpha value is -2.41. The maximum Gasteiger partial charge on any atom is 0.347 e. The normalized spacial score (nSPS) is 17.6. The van der Waals surface area contributed by atoms with Gasteiger partial charge >= 0.3 is 5.69 Å². The summed E-state index contributed by atoms with van der Waals surface area (Å²) < 4.78 is 3.06. The molecular formula is C22H35N5O2. The summed E-state index contributed by atoms with van der Waals surface area (Å²) in [5.41, 5.74) is 2.01. The highest BCUT2D eigenvalue weighted by molar-refractivity contribution is 5.81. The number of hydrogen-bond donors (Lipinski definition) is 1. The Bertz CT molecular complexity index is 832. The van der Waals surface area contributed by atoms with Crippen molar-refractivity contribution >= 4 is 5.91 Å². The fraction of sp³-hybridized carbons (Fsp3) is 0.591. The van der Waals surface area contributed by atoms with Crippen molar-refractivity contribution < 1.29 is 4.79 Å². The number of carbonyl (C=O) groups excluding carboxylic acids is 1. The number of hydrogen-bond acceptors (Lipinski definition) is 4. The van der Waals surface area contributed by atoms with Gasteiger partial charge in [-0.05, 0) is 25.3 Å². The highest BCUT2D eigenvalue weighted by Gasteiger charge is 2.34. The molecule has 1 aromatic heterocycles. The molecule has 1 N–H and O–H groups in total. The van der Waals surface area contributed by atoms with Crippen LogP contribution in [0.15, 0.2) is 29.1 Å². The SMILES string of the molecule is CC.CC.Cc1ccc(Cn2nc3n(c2=O)C(C(=O)N2CCCC2)CNC3)cc1. The quantitative estimate of drug-likeness (QED) is 0.858. The van der Waals surface area contributed by atoms with Gasteiger partial charge in [0.05, 0.1) is 13.1 Å². The van der Waals surface area contributed by atoms with Crippen molar-refractivity contribution in [1.29, 1.82) is 0 Å². The molecule has 2 aromatic rings. The molecule has 1 fully saturated rings. The third-order valence-electron chi connectivity index (χ3n) is 5.03. The van der Waals surface area contributed by atoms with Crippen LogP contribution in [0.3, 0.4) is 0 Å². The molecule has 0 saturated carbocycles. The highest BCUT2D eigenvalue weighted by Crippen LogP contribution is 2.18. The summed E-state index contributed by atoms with van der Waals surface area (Å²) in [6, 6.07) is 7.58. The van der Waals surface area contributed by atoms with Crippen LogP contribution in [-0.2, 0) is 17.9 Å². The van der Waals surface area contributed by atoms with Crippen LogP contribution >= 0.6 is 0 Å². The first kappa shape index (κ1) is 22.9. The smallest absolute Gasteiger partial charge is 0.341 e. The van der Waals surface area contributed by atoms with Crippen LogP contribution < -0.4 is 11.0 Å². The van der Waals surface area contributed by atoms with Crippen LogP contribution in [-0.4, -0.2) is 44.8 Å². The van der Waals surface area contributed by atoms with Crippen LogP contribution in [0.2, 0.25) is 0 Å². The Morgan fingerprint density at radius 2 is 1.72 bits per heavy atom. The average molecular weight is 402 g/mol. The van der Waals surface area contributed by atoms with Gasteiger partial charge in [0.25, 0.3) is 0 Å². The minimum Gasteiger partial charge on any atom is -0.341 e. The summed E-state index contributed by atoms with van der Waals surface area (Å²) in [5.74, 6) is 0.670. The van der Waals surface area contributed by atoms with Crippen LogP contribution in [0.25, 0.3) is 0 Å². The van der Waals surface area contributed by atoms with Gasteiger partial charge in [-0.1, -0.05) is 57.5 Å². The zero-order chi connectivity index (χ0) is 21.4. The molecular weight excluding hydrogens is 366 g/mol. The number of aromatic nitrogens is 3. The lowest BCUT2D eigenvalue weighted by molar-refractivity contribution is -0.134. The lowest BCUT2D eigenvalue weighted by atomic mass is 10.1. The second-order valence-corrected chi connectivity index (χ2v) is 6.89. The van der Waals surface area contributed by atoms with E-state index in [1.165, 1.54) is 10.2 Å². The number of rotatable bonds is 3. The topological polar surface area (TPSA) is 72.2 Å². The van der Waals surface area contributed by atoms with Crippen LogP contribution in [0, 0.1) is 6.92 Å². The largest absolute Gasteiger partial charge is 0.347 e. The molecule has 7 nitrogen and oxygen atoms in total. The van der Waals surface area contributed by atoms with E-state index >= 15 is 0 Å². The fourth-order valence-corrected chi connectivity index (χ4v) is 3.63. The molecule has 1 atom stereocenters. The summed E-state index contributed by atoms with van der Waals surface area (Å²) in [4.78, 5) is 27.6. The van der Waals surface area contributed by atoms with Crippen molar-refractivity contribution in [3.63, 3.8) is 0 Å². The first-order valence-corrected chi connectivity index (χ1v) is 10.9. The van der Waals surface area contributed by atoms with Gasteiger partial charge < -0.3 is 10.2 Å². The fourth-order valence-electron chi connectivity index (χ4n) is 3.63. The Morgan fingerprint density at radius 1 is 1.10 bits per heavy atom. The van der Waals surface area contributed by atoms with E-state index in [0.29, 0.717) is 25.5 Å². The van der Waals surface area contributed by atoms with E-state index in [4.69, 9.17) is 0 Å². The Kier molecular flexibility index (Phi) is 8.64. The molecule has 2 aliphatic heterocycles. The van der Waals surface area contributed by atoms with E-state index in [2.05, 4.69) is 10.4 Å². The van der Waals surface area contributed by atoms with E-state index in [9.17, 15) is 9.59 Å². The highest BCUT2D eigenvalue weighted by atomic mass is 16.2. The maximum atomic E-state index is 12.9. The number of benzene rings is 1. The second kappa shape index (κ2) is 11.0. The number of fused-ring (bicyclic) bond motifs is 1. The molecule has 4 rings (SSSR count). The summed E-state index contributed by atoms with van der Waals surface area (Å²) in [7, 11) is 0.